The monoisotopic (exact) mass is 635 g/mol. The van der Waals surface area contributed by atoms with Gasteiger partial charge in [-0.05, 0) is 61.4 Å². The number of aromatic nitrogens is 2. The highest BCUT2D eigenvalue weighted by molar-refractivity contribution is 7.91. The van der Waals surface area contributed by atoms with Crippen molar-refractivity contribution in [2.45, 2.75) is 23.6 Å². The molecule has 1 aromatic heterocycles. The highest BCUT2D eigenvalue weighted by Gasteiger charge is 2.15. The smallest absolute Gasteiger partial charge is 0.231 e. The molecule has 3 aromatic carbocycles. The molecule has 3 N–H and O–H groups in total. The second-order valence-corrected chi connectivity index (χ2v) is 13.9. The number of hydrogen-bond donors (Lipinski definition) is 3. The molecule has 0 saturated carbocycles. The van der Waals surface area contributed by atoms with Crippen LogP contribution in [-0.4, -0.2) is 57.5 Å². The van der Waals surface area contributed by atoms with E-state index in [1.54, 1.807) is 62.4 Å². The number of nitrogens with one attached hydrogen (secondary N) is 3. The average Bonchev–Trinajstić information content (AvgIpc) is 3.46. The zero-order valence-corrected chi connectivity index (χ0v) is 25.8. The number of hydrogen-bond acceptors (Lipinski definition) is 13. The standard InChI is InChI=1S/C29H29N7O6S2/c1-18(20-5-10-23(11-6-20)43(3,37)38)33-35-27-16-28(36-34-19(2)21-7-12-24(13-8-21)44(4,39)40)32-29(31-27)30-22-9-14-25-26(15-22)42-17-41-25/h5-16H,17H2,1-4H3,(H3,30,31,32,35,36). The number of benzene rings is 3. The number of rotatable bonds is 10. The normalized spacial score (nSPS) is 13.5. The van der Waals surface area contributed by atoms with E-state index in [-0.39, 0.29) is 22.5 Å². The number of sulfone groups is 2. The Labute approximate surface area is 254 Å². The van der Waals surface area contributed by atoms with Crippen molar-refractivity contribution in [1.82, 2.24) is 9.97 Å². The molecule has 0 fully saturated rings. The Morgan fingerprint density at radius 2 is 1.16 bits per heavy atom. The summed E-state index contributed by atoms with van der Waals surface area (Å²) in [5, 5.41) is 12.0. The minimum atomic E-state index is -3.31. The van der Waals surface area contributed by atoms with E-state index in [2.05, 4.69) is 36.3 Å². The topological polar surface area (TPSA) is 173 Å². The van der Waals surface area contributed by atoms with Crippen molar-refractivity contribution in [1.29, 1.82) is 0 Å². The Morgan fingerprint density at radius 3 is 1.64 bits per heavy atom. The Kier molecular flexibility index (Phi) is 8.51. The molecule has 0 unspecified atom stereocenters. The molecule has 0 spiro atoms. The molecule has 15 heteroatoms. The van der Waals surface area contributed by atoms with Crippen LogP contribution in [0.5, 0.6) is 11.5 Å². The van der Waals surface area contributed by atoms with Gasteiger partial charge >= 0.3 is 0 Å². The van der Waals surface area contributed by atoms with Gasteiger partial charge in [-0.3, -0.25) is 10.9 Å². The number of ether oxygens (including phenoxy) is 2. The summed E-state index contributed by atoms with van der Waals surface area (Å²) in [7, 11) is -6.63. The molecule has 0 saturated heterocycles. The van der Waals surface area contributed by atoms with Gasteiger partial charge in [0, 0.05) is 30.3 Å². The summed E-state index contributed by atoms with van der Waals surface area (Å²) >= 11 is 0. The van der Waals surface area contributed by atoms with Crippen molar-refractivity contribution in [3.8, 4) is 11.5 Å². The Bertz CT molecular complexity index is 1870. The van der Waals surface area contributed by atoms with Gasteiger partial charge in [0.05, 0.1) is 21.2 Å². The van der Waals surface area contributed by atoms with Gasteiger partial charge in [-0.1, -0.05) is 24.3 Å². The first-order chi connectivity index (χ1) is 20.8. The number of nitrogens with zero attached hydrogens (tertiary/aromatic N) is 4. The average molecular weight is 636 g/mol. The SMILES string of the molecule is CC(=NNc1cc(NN=C(C)c2ccc(S(C)(=O)=O)cc2)nc(Nc2ccc3c(c2)OCO3)n1)c1ccc(S(C)(=O)=O)cc1. The van der Waals surface area contributed by atoms with E-state index in [4.69, 9.17) is 9.47 Å². The van der Waals surface area contributed by atoms with E-state index in [0.29, 0.717) is 40.2 Å². The molecule has 2 heterocycles. The fraction of sp³-hybridized carbons (Fsp3) is 0.172. The summed E-state index contributed by atoms with van der Waals surface area (Å²) in [4.78, 5) is 9.47. The Hall–Kier alpha value is -5.02. The third kappa shape index (κ3) is 7.48. The molecule has 0 atom stereocenters. The zero-order chi connectivity index (χ0) is 31.5. The predicted molar refractivity (Wildman–Crippen MR) is 169 cm³/mol. The zero-order valence-electron chi connectivity index (χ0n) is 24.2. The van der Waals surface area contributed by atoms with Gasteiger partial charge in [0.15, 0.2) is 42.8 Å². The van der Waals surface area contributed by atoms with Gasteiger partial charge < -0.3 is 14.8 Å². The molecule has 44 heavy (non-hydrogen) atoms. The lowest BCUT2D eigenvalue weighted by Crippen LogP contribution is -2.07. The molecular formula is C29H29N7O6S2. The van der Waals surface area contributed by atoms with Crippen LogP contribution in [0.4, 0.5) is 23.3 Å². The van der Waals surface area contributed by atoms with Crippen LogP contribution < -0.4 is 25.6 Å². The summed E-state index contributed by atoms with van der Waals surface area (Å²) < 4.78 is 58.0. The maximum Gasteiger partial charge on any atom is 0.231 e. The lowest BCUT2D eigenvalue weighted by molar-refractivity contribution is 0.174. The van der Waals surface area contributed by atoms with E-state index in [9.17, 15) is 16.8 Å². The van der Waals surface area contributed by atoms with Crippen molar-refractivity contribution >= 4 is 54.4 Å². The van der Waals surface area contributed by atoms with Crippen LogP contribution in [0.15, 0.2) is 92.8 Å². The molecule has 1 aliphatic heterocycles. The fourth-order valence-corrected chi connectivity index (χ4v) is 5.28. The van der Waals surface area contributed by atoms with E-state index in [1.165, 1.54) is 24.3 Å². The van der Waals surface area contributed by atoms with Crippen molar-refractivity contribution < 1.29 is 26.3 Å². The van der Waals surface area contributed by atoms with Crippen molar-refractivity contribution in [3.05, 3.63) is 83.9 Å². The molecule has 228 valence electrons. The van der Waals surface area contributed by atoms with E-state index >= 15 is 0 Å². The van der Waals surface area contributed by atoms with Crippen molar-refractivity contribution in [2.24, 2.45) is 10.2 Å². The van der Waals surface area contributed by atoms with Crippen LogP contribution in [-0.2, 0) is 19.7 Å². The number of fused-ring (bicyclic) bond motifs is 1. The molecule has 5 rings (SSSR count). The highest BCUT2D eigenvalue weighted by Crippen LogP contribution is 2.35. The summed E-state index contributed by atoms with van der Waals surface area (Å²) in [6.45, 7) is 3.69. The Balaban J connectivity index is 1.40. The van der Waals surface area contributed by atoms with Crippen LogP contribution in [0.1, 0.15) is 25.0 Å². The molecule has 4 aromatic rings. The lowest BCUT2D eigenvalue weighted by Gasteiger charge is -2.11. The summed E-state index contributed by atoms with van der Waals surface area (Å²) in [6, 6.07) is 19.8. The van der Waals surface area contributed by atoms with Gasteiger partial charge in [0.25, 0.3) is 0 Å². The van der Waals surface area contributed by atoms with Crippen molar-refractivity contribution in [3.63, 3.8) is 0 Å². The van der Waals surface area contributed by atoms with E-state index in [1.807, 2.05) is 0 Å². The molecule has 0 bridgehead atoms. The van der Waals surface area contributed by atoms with Crippen LogP contribution in [0, 0.1) is 0 Å². The summed E-state index contributed by atoms with van der Waals surface area (Å²) in [5.74, 6) is 2.13. The molecule has 0 amide bonds. The second-order valence-electron chi connectivity index (χ2n) is 9.87. The van der Waals surface area contributed by atoms with Crippen LogP contribution >= 0.6 is 0 Å². The maximum absolute atomic E-state index is 11.8. The van der Waals surface area contributed by atoms with Crippen LogP contribution in [0.25, 0.3) is 0 Å². The van der Waals surface area contributed by atoms with E-state index in [0.717, 1.165) is 23.6 Å². The minimum absolute atomic E-state index is 0.144. The molecule has 0 aliphatic carbocycles. The van der Waals surface area contributed by atoms with Gasteiger partial charge in [0.2, 0.25) is 12.7 Å². The molecule has 1 aliphatic rings. The van der Waals surface area contributed by atoms with Gasteiger partial charge in [-0.2, -0.15) is 20.2 Å². The maximum atomic E-state index is 11.8. The van der Waals surface area contributed by atoms with Crippen molar-refractivity contribution in [2.75, 3.05) is 35.5 Å². The number of hydrazone groups is 2. The predicted octanol–water partition coefficient (Wildman–Crippen LogP) is 4.43. The van der Waals surface area contributed by atoms with Gasteiger partial charge in [-0.15, -0.1) is 0 Å². The highest BCUT2D eigenvalue weighted by atomic mass is 32.2. The first-order valence-corrected chi connectivity index (χ1v) is 16.9. The second kappa shape index (κ2) is 12.3. The summed E-state index contributed by atoms with van der Waals surface area (Å²) in [5.41, 5.74) is 9.14. The largest absolute Gasteiger partial charge is 0.454 e. The minimum Gasteiger partial charge on any atom is -0.454 e. The Morgan fingerprint density at radius 1 is 0.682 bits per heavy atom. The third-order valence-electron chi connectivity index (χ3n) is 6.43. The lowest BCUT2D eigenvalue weighted by atomic mass is 10.1. The number of anilines is 4. The fourth-order valence-electron chi connectivity index (χ4n) is 4.02. The first-order valence-electron chi connectivity index (χ1n) is 13.1. The molecule has 0 radical (unpaired) electrons. The molecule has 13 nitrogen and oxygen atoms in total. The van der Waals surface area contributed by atoms with Crippen LogP contribution in [0.3, 0.4) is 0 Å². The van der Waals surface area contributed by atoms with Crippen LogP contribution in [0.2, 0.25) is 0 Å². The van der Waals surface area contributed by atoms with E-state index < -0.39 is 19.7 Å². The quantitative estimate of drug-likeness (QED) is 0.166. The third-order valence-corrected chi connectivity index (χ3v) is 8.69. The summed E-state index contributed by atoms with van der Waals surface area (Å²) in [6.07, 6.45) is 2.31. The van der Waals surface area contributed by atoms with Gasteiger partial charge in [-0.25, -0.2) is 16.8 Å². The van der Waals surface area contributed by atoms with Gasteiger partial charge in [0.1, 0.15) is 0 Å². The first kappa shape index (κ1) is 30.4. The molecular weight excluding hydrogens is 606 g/mol.